The van der Waals surface area contributed by atoms with Gasteiger partial charge in [0.15, 0.2) is 5.82 Å². The minimum atomic E-state index is -0.976. The number of nitrogens with zero attached hydrogens (tertiary/aromatic N) is 6. The van der Waals surface area contributed by atoms with E-state index in [9.17, 15) is 24.8 Å². The van der Waals surface area contributed by atoms with Gasteiger partial charge in [0.05, 0.1) is 17.7 Å². The van der Waals surface area contributed by atoms with Crippen LogP contribution in [0.15, 0.2) is 42.5 Å². The minimum absolute atomic E-state index is 0.0336. The highest BCUT2D eigenvalue weighted by atomic mass is 19.1. The molecule has 222 valence electrons. The minimum Gasteiger partial charge on any atom is -0.388 e. The Morgan fingerprint density at radius 1 is 1.02 bits per heavy atom. The van der Waals surface area contributed by atoms with Gasteiger partial charge in [-0.2, -0.15) is 10.5 Å². The van der Waals surface area contributed by atoms with Crippen molar-refractivity contribution in [3.8, 4) is 34.4 Å². The van der Waals surface area contributed by atoms with Gasteiger partial charge in [0.25, 0.3) is 5.91 Å². The number of aromatic nitrogens is 3. The van der Waals surface area contributed by atoms with Crippen LogP contribution in [0.2, 0.25) is 0 Å². The van der Waals surface area contributed by atoms with Gasteiger partial charge in [-0.25, -0.2) is 13.5 Å². The predicted octanol–water partition coefficient (Wildman–Crippen LogP) is 4.80. The molecule has 4 aromatic rings. The van der Waals surface area contributed by atoms with Gasteiger partial charge in [-0.1, -0.05) is 17.3 Å². The number of carbonyl (C=O) groups excluding carboxylic acids is 1. The number of nitrogens with two attached hydrogens (primary N) is 1. The van der Waals surface area contributed by atoms with E-state index in [0.29, 0.717) is 35.1 Å². The van der Waals surface area contributed by atoms with Crippen LogP contribution >= 0.6 is 0 Å². The number of aliphatic hydroxyl groups is 1. The zero-order chi connectivity index (χ0) is 30.7. The highest BCUT2D eigenvalue weighted by molar-refractivity contribution is 5.99. The number of halogens is 2. The van der Waals surface area contributed by atoms with E-state index in [2.05, 4.69) is 10.3 Å². The van der Waals surface area contributed by atoms with E-state index >= 15 is 4.39 Å². The molecule has 2 saturated heterocycles. The summed E-state index contributed by atoms with van der Waals surface area (Å²) in [5.74, 6) is -1.74. The fourth-order valence-corrected chi connectivity index (χ4v) is 7.17. The van der Waals surface area contributed by atoms with E-state index in [1.807, 2.05) is 11.0 Å². The Balaban J connectivity index is 1.37. The molecule has 1 aromatic heterocycles. The van der Waals surface area contributed by atoms with Crippen molar-refractivity contribution in [3.05, 3.63) is 70.8 Å². The molecule has 1 saturated carbocycles. The molecule has 3 fully saturated rings. The summed E-state index contributed by atoms with van der Waals surface area (Å²) in [4.78, 5) is 15.8. The fourth-order valence-electron chi connectivity index (χ4n) is 7.17. The highest BCUT2D eigenvalue weighted by Gasteiger charge is 2.42. The zero-order valence-electron chi connectivity index (χ0n) is 23.8. The summed E-state index contributed by atoms with van der Waals surface area (Å²) in [5.41, 5.74) is 6.68. The summed E-state index contributed by atoms with van der Waals surface area (Å²) in [6.07, 6.45) is 5.27. The maximum atomic E-state index is 16.3. The molecule has 3 aliphatic rings. The van der Waals surface area contributed by atoms with Gasteiger partial charge in [-0.3, -0.25) is 4.79 Å². The number of nitriles is 2. The second-order valence-corrected chi connectivity index (χ2v) is 12.3. The monoisotopic (exact) mass is 593 g/mol. The van der Waals surface area contributed by atoms with E-state index in [1.165, 1.54) is 22.9 Å². The number of hydrogen-bond donors (Lipinski definition) is 2. The summed E-state index contributed by atoms with van der Waals surface area (Å²) in [7, 11) is 0. The average molecular weight is 594 g/mol. The number of rotatable bonds is 5. The van der Waals surface area contributed by atoms with Crippen LogP contribution in [-0.2, 0) is 6.54 Å². The van der Waals surface area contributed by atoms with Crippen molar-refractivity contribution in [2.75, 3.05) is 0 Å². The molecule has 1 unspecified atom stereocenters. The molecule has 11 heteroatoms. The Labute approximate surface area is 252 Å². The summed E-state index contributed by atoms with van der Waals surface area (Å²) in [6, 6.07) is 14.3. The maximum absolute atomic E-state index is 16.3. The molecule has 2 bridgehead atoms. The third-order valence-electron chi connectivity index (χ3n) is 9.54. The summed E-state index contributed by atoms with van der Waals surface area (Å²) < 4.78 is 32.6. The van der Waals surface area contributed by atoms with Crippen LogP contribution in [0.4, 0.5) is 8.78 Å². The van der Waals surface area contributed by atoms with Gasteiger partial charge in [0, 0.05) is 29.3 Å². The number of carbonyl (C=O) groups is 1. The Morgan fingerprint density at radius 3 is 2.41 bits per heavy atom. The van der Waals surface area contributed by atoms with E-state index in [0.717, 1.165) is 32.1 Å². The number of benzene rings is 3. The second-order valence-electron chi connectivity index (χ2n) is 12.3. The zero-order valence-corrected chi connectivity index (χ0v) is 23.8. The molecule has 3 heterocycles. The van der Waals surface area contributed by atoms with Crippen LogP contribution in [0.5, 0.6) is 0 Å². The first-order chi connectivity index (χ1) is 21.2. The molecular weight excluding hydrogens is 564 g/mol. The van der Waals surface area contributed by atoms with Gasteiger partial charge in [0.2, 0.25) is 0 Å². The van der Waals surface area contributed by atoms with Crippen molar-refractivity contribution < 1.29 is 18.7 Å². The molecule has 3 atom stereocenters. The quantitative estimate of drug-likeness (QED) is 0.338. The standard InChI is InChI=1S/C33H29F2N7O2/c34-28-11-18(2-3-20(28)15-36)25-10-19(32(43)42-22-5-6-23(42)13-21(38)12-22)4-7-24(25)26-14-29-31(27(16-37)30(26)35)41(40-39-29)17-33(44)8-1-9-33/h2-4,7,10-11,14,21-23,44H,1,5-6,8-9,12-13,17,38H2/t21?,22-,23+. The Bertz CT molecular complexity index is 1910. The van der Waals surface area contributed by atoms with Crippen molar-refractivity contribution in [1.82, 2.24) is 19.9 Å². The van der Waals surface area contributed by atoms with Crippen molar-refractivity contribution in [2.45, 2.75) is 75.2 Å². The van der Waals surface area contributed by atoms with Crippen molar-refractivity contribution >= 4 is 16.9 Å². The van der Waals surface area contributed by atoms with Crippen molar-refractivity contribution in [3.63, 3.8) is 0 Å². The van der Waals surface area contributed by atoms with Crippen LogP contribution in [0.25, 0.3) is 33.3 Å². The molecule has 1 amide bonds. The predicted molar refractivity (Wildman–Crippen MR) is 157 cm³/mol. The van der Waals surface area contributed by atoms with Gasteiger partial charge in [0.1, 0.15) is 34.6 Å². The Hall–Kier alpha value is -4.71. The Morgan fingerprint density at radius 2 is 1.77 bits per heavy atom. The van der Waals surface area contributed by atoms with Gasteiger partial charge < -0.3 is 15.7 Å². The average Bonchev–Trinajstić information content (AvgIpc) is 3.52. The second kappa shape index (κ2) is 10.5. The first-order valence-electron chi connectivity index (χ1n) is 14.8. The fraction of sp³-hybridized carbons (Fsp3) is 0.364. The van der Waals surface area contributed by atoms with E-state index in [1.54, 1.807) is 30.3 Å². The topological polar surface area (TPSA) is 145 Å². The molecule has 7 rings (SSSR count). The normalized spacial score (nSPS) is 22.0. The molecule has 0 radical (unpaired) electrons. The smallest absolute Gasteiger partial charge is 0.254 e. The molecule has 44 heavy (non-hydrogen) atoms. The van der Waals surface area contributed by atoms with Crippen LogP contribution in [0, 0.1) is 34.3 Å². The lowest BCUT2D eigenvalue weighted by Gasteiger charge is -2.38. The number of amides is 1. The van der Waals surface area contributed by atoms with Gasteiger partial charge in [-0.05, 0) is 92.0 Å². The number of hydrogen-bond acceptors (Lipinski definition) is 7. The summed E-state index contributed by atoms with van der Waals surface area (Å²) in [5, 5.41) is 38.3. The van der Waals surface area contributed by atoms with Crippen LogP contribution < -0.4 is 5.73 Å². The number of fused-ring (bicyclic) bond motifs is 3. The van der Waals surface area contributed by atoms with Crippen molar-refractivity contribution in [2.24, 2.45) is 5.73 Å². The van der Waals surface area contributed by atoms with E-state index < -0.39 is 17.2 Å². The molecule has 3 N–H and O–H groups in total. The molecule has 0 spiro atoms. The lowest BCUT2D eigenvalue weighted by Crippen LogP contribution is -2.50. The third kappa shape index (κ3) is 4.52. The highest BCUT2D eigenvalue weighted by Crippen LogP contribution is 2.41. The van der Waals surface area contributed by atoms with Gasteiger partial charge >= 0.3 is 0 Å². The molecule has 3 aromatic carbocycles. The largest absolute Gasteiger partial charge is 0.388 e. The lowest BCUT2D eigenvalue weighted by atomic mass is 9.80. The molecule has 9 nitrogen and oxygen atoms in total. The first kappa shape index (κ1) is 28.1. The Kier molecular flexibility index (Phi) is 6.69. The number of piperidine rings is 1. The lowest BCUT2D eigenvalue weighted by molar-refractivity contribution is -0.0492. The third-order valence-corrected chi connectivity index (χ3v) is 9.54. The van der Waals surface area contributed by atoms with Crippen LogP contribution in [0.1, 0.15) is 66.4 Å². The molecule has 1 aliphatic carbocycles. The van der Waals surface area contributed by atoms with Crippen molar-refractivity contribution in [1.29, 1.82) is 10.5 Å². The molecule has 2 aliphatic heterocycles. The van der Waals surface area contributed by atoms with E-state index in [-0.39, 0.29) is 58.3 Å². The SMILES string of the molecule is N#Cc1ccc(-c2cc(C(=O)N3[C@@H]4CC[C@H]3CC(N)C4)ccc2-c2cc3nnn(CC4(O)CCC4)c3c(C#N)c2F)cc1F. The van der Waals surface area contributed by atoms with E-state index in [4.69, 9.17) is 5.73 Å². The summed E-state index contributed by atoms with van der Waals surface area (Å²) in [6.45, 7) is 0.0902. The maximum Gasteiger partial charge on any atom is 0.254 e. The van der Waals surface area contributed by atoms with Crippen LogP contribution in [-0.4, -0.2) is 54.6 Å². The van der Waals surface area contributed by atoms with Crippen LogP contribution in [0.3, 0.4) is 0 Å². The van der Waals surface area contributed by atoms with Gasteiger partial charge in [-0.15, -0.1) is 5.10 Å². The summed E-state index contributed by atoms with van der Waals surface area (Å²) >= 11 is 0. The first-order valence-corrected chi connectivity index (χ1v) is 14.8. The molecular formula is C33H29F2N7O2.